The Morgan fingerprint density at radius 2 is 1.95 bits per heavy atom. The molecule has 0 aliphatic rings. The topological polar surface area (TPSA) is 73.8 Å². The van der Waals surface area contributed by atoms with Crippen molar-refractivity contribution in [1.29, 1.82) is 0 Å². The minimum atomic E-state index is -0.747. The number of nitrogens with zero attached hydrogens (tertiary/aromatic N) is 3. The molecule has 0 spiro atoms. The average molecular weight is 270 g/mol. The van der Waals surface area contributed by atoms with Crippen LogP contribution in [-0.2, 0) is 7.05 Å². The molecule has 1 aromatic carbocycles. The molecule has 0 aliphatic carbocycles. The maximum Gasteiger partial charge on any atom is 0.274 e. The third-order valence-corrected chi connectivity index (χ3v) is 3.27. The molecule has 5 nitrogen and oxygen atoms in total. The molecule has 6 heteroatoms. The first-order chi connectivity index (χ1) is 9.61. The quantitative estimate of drug-likeness (QED) is 0.730. The molecule has 20 heavy (non-hydrogen) atoms. The summed E-state index contributed by atoms with van der Waals surface area (Å²) in [6.07, 6.45) is 1.35. The normalized spacial score (nSPS) is 10.9. The number of anilines is 1. The summed E-state index contributed by atoms with van der Waals surface area (Å²) in [5.74, 6) is -0.747. The zero-order valence-corrected chi connectivity index (χ0v) is 10.7. The molecule has 100 valence electrons. The van der Waals surface area contributed by atoms with E-state index in [4.69, 9.17) is 5.73 Å². The summed E-state index contributed by atoms with van der Waals surface area (Å²) in [6.45, 7) is 0. The van der Waals surface area contributed by atoms with Gasteiger partial charge >= 0.3 is 0 Å². The van der Waals surface area contributed by atoms with Crippen LogP contribution in [0, 0.1) is 5.95 Å². The maximum atomic E-state index is 14.1. The third kappa shape index (κ3) is 1.65. The van der Waals surface area contributed by atoms with Crippen LogP contribution < -0.4 is 11.3 Å². The standard InChI is InChI=1S/C14H11FN4O/c1-19-9-7-17-18-13(15)11(9)10(12(16)14(19)20)8-5-3-2-4-6-8/h2-7H,16H2,1H3. The highest BCUT2D eigenvalue weighted by Crippen LogP contribution is 2.31. The van der Waals surface area contributed by atoms with Crippen LogP contribution in [0.25, 0.3) is 22.0 Å². The Bertz CT molecular complexity index is 858. The third-order valence-electron chi connectivity index (χ3n) is 3.27. The molecule has 3 aromatic rings. The van der Waals surface area contributed by atoms with Crippen LogP contribution in [0.1, 0.15) is 0 Å². The summed E-state index contributed by atoms with van der Waals surface area (Å²) in [5, 5.41) is 7.17. The number of hydrogen-bond donors (Lipinski definition) is 1. The molecule has 0 atom stereocenters. The number of fused-ring (bicyclic) bond motifs is 1. The SMILES string of the molecule is Cn1c(=O)c(N)c(-c2ccccc2)c2c(F)nncc21. The predicted octanol–water partition coefficient (Wildman–Crippen LogP) is 1.72. The number of halogens is 1. The van der Waals surface area contributed by atoms with Gasteiger partial charge in [0.1, 0.15) is 5.69 Å². The highest BCUT2D eigenvalue weighted by Gasteiger charge is 2.18. The lowest BCUT2D eigenvalue weighted by Crippen LogP contribution is -2.22. The number of rotatable bonds is 1. The van der Waals surface area contributed by atoms with Crippen molar-refractivity contribution in [2.45, 2.75) is 0 Å². The fourth-order valence-corrected chi connectivity index (χ4v) is 2.28. The second-order valence-electron chi connectivity index (χ2n) is 4.41. The van der Waals surface area contributed by atoms with Crippen molar-refractivity contribution in [3.8, 4) is 11.1 Å². The zero-order chi connectivity index (χ0) is 14.3. The van der Waals surface area contributed by atoms with Gasteiger partial charge in [-0.3, -0.25) is 4.79 Å². The van der Waals surface area contributed by atoms with Gasteiger partial charge in [-0.2, -0.15) is 9.49 Å². The minimum Gasteiger partial charge on any atom is -0.394 e. The number of nitrogen functional groups attached to an aromatic ring is 1. The minimum absolute atomic E-state index is 0.00176. The van der Waals surface area contributed by atoms with Gasteiger partial charge in [0.2, 0.25) is 5.95 Å². The van der Waals surface area contributed by atoms with E-state index in [1.54, 1.807) is 24.3 Å². The van der Waals surface area contributed by atoms with Crippen LogP contribution in [0.5, 0.6) is 0 Å². The molecule has 2 heterocycles. The first-order valence-electron chi connectivity index (χ1n) is 5.96. The average Bonchev–Trinajstić information content (AvgIpc) is 2.47. The second-order valence-corrected chi connectivity index (χ2v) is 4.41. The molecular formula is C14H11FN4O. The molecule has 0 unspecified atom stereocenters. The van der Waals surface area contributed by atoms with Gasteiger partial charge < -0.3 is 10.3 Å². The van der Waals surface area contributed by atoms with E-state index in [1.165, 1.54) is 17.8 Å². The van der Waals surface area contributed by atoms with Crippen LogP contribution in [0.4, 0.5) is 10.1 Å². The lowest BCUT2D eigenvalue weighted by molar-refractivity contribution is 0.575. The predicted molar refractivity (Wildman–Crippen MR) is 74.6 cm³/mol. The Morgan fingerprint density at radius 1 is 1.25 bits per heavy atom. The molecule has 0 radical (unpaired) electrons. The summed E-state index contributed by atoms with van der Waals surface area (Å²) < 4.78 is 15.4. The molecule has 0 amide bonds. The molecule has 3 rings (SSSR count). The van der Waals surface area contributed by atoms with Gasteiger partial charge in [-0.15, -0.1) is 5.10 Å². The van der Waals surface area contributed by atoms with E-state index in [0.717, 1.165) is 0 Å². The van der Waals surface area contributed by atoms with E-state index in [9.17, 15) is 9.18 Å². The number of benzene rings is 1. The fourth-order valence-electron chi connectivity index (χ4n) is 2.28. The van der Waals surface area contributed by atoms with Crippen LogP contribution in [0.15, 0.2) is 41.3 Å². The molecule has 2 aromatic heterocycles. The van der Waals surface area contributed by atoms with Gasteiger partial charge in [-0.05, 0) is 5.56 Å². The van der Waals surface area contributed by atoms with Gasteiger partial charge in [0.25, 0.3) is 5.56 Å². The fraction of sp³-hybridized carbons (Fsp3) is 0.0714. The molecule has 2 N–H and O–H groups in total. The molecule has 0 saturated heterocycles. The van der Waals surface area contributed by atoms with Gasteiger partial charge in [0, 0.05) is 12.6 Å². The van der Waals surface area contributed by atoms with E-state index >= 15 is 0 Å². The van der Waals surface area contributed by atoms with Crippen LogP contribution in [0.2, 0.25) is 0 Å². The van der Waals surface area contributed by atoms with Gasteiger partial charge in [-0.25, -0.2) is 0 Å². The number of nitrogens with two attached hydrogens (primary N) is 1. The summed E-state index contributed by atoms with van der Waals surface area (Å²) >= 11 is 0. The second kappa shape index (κ2) is 4.41. The summed E-state index contributed by atoms with van der Waals surface area (Å²) in [5.41, 5.74) is 6.90. The first-order valence-corrected chi connectivity index (χ1v) is 5.96. The van der Waals surface area contributed by atoms with Crippen molar-refractivity contribution >= 4 is 16.6 Å². The Kier molecular flexibility index (Phi) is 2.71. The van der Waals surface area contributed by atoms with E-state index in [0.29, 0.717) is 16.6 Å². The number of pyridine rings is 1. The Morgan fingerprint density at radius 3 is 2.65 bits per heavy atom. The molecule has 0 fully saturated rings. The van der Waals surface area contributed by atoms with Gasteiger partial charge in [0.15, 0.2) is 0 Å². The molecule has 0 saturated carbocycles. The Hall–Kier alpha value is -2.76. The number of hydrogen-bond acceptors (Lipinski definition) is 4. The number of aromatic nitrogens is 3. The smallest absolute Gasteiger partial charge is 0.274 e. The van der Waals surface area contributed by atoms with Crippen LogP contribution in [-0.4, -0.2) is 14.8 Å². The van der Waals surface area contributed by atoms with Crippen LogP contribution in [0.3, 0.4) is 0 Å². The van der Waals surface area contributed by atoms with Gasteiger partial charge in [-0.1, -0.05) is 30.3 Å². The molecule has 0 aliphatic heterocycles. The highest BCUT2D eigenvalue weighted by molar-refractivity contribution is 5.99. The van der Waals surface area contributed by atoms with Crippen LogP contribution >= 0.6 is 0 Å². The molecule has 0 bridgehead atoms. The lowest BCUT2D eigenvalue weighted by atomic mass is 10.0. The lowest BCUT2D eigenvalue weighted by Gasteiger charge is -2.13. The van der Waals surface area contributed by atoms with Crippen molar-refractivity contribution < 1.29 is 4.39 Å². The Balaban J connectivity index is 2.58. The van der Waals surface area contributed by atoms with Crippen molar-refractivity contribution in [1.82, 2.24) is 14.8 Å². The van der Waals surface area contributed by atoms with E-state index in [2.05, 4.69) is 10.2 Å². The van der Waals surface area contributed by atoms with Gasteiger partial charge in [0.05, 0.1) is 17.1 Å². The zero-order valence-electron chi connectivity index (χ0n) is 10.7. The Labute approximate surface area is 113 Å². The summed E-state index contributed by atoms with van der Waals surface area (Å²) in [6, 6.07) is 8.96. The monoisotopic (exact) mass is 270 g/mol. The van der Waals surface area contributed by atoms with Crippen molar-refractivity contribution in [3.63, 3.8) is 0 Å². The number of aryl methyl sites for hydroxylation is 1. The van der Waals surface area contributed by atoms with E-state index < -0.39 is 5.95 Å². The van der Waals surface area contributed by atoms with Crippen molar-refractivity contribution in [2.24, 2.45) is 7.05 Å². The van der Waals surface area contributed by atoms with Crippen molar-refractivity contribution in [3.05, 3.63) is 52.8 Å². The van der Waals surface area contributed by atoms with Crippen molar-refractivity contribution in [2.75, 3.05) is 5.73 Å². The summed E-state index contributed by atoms with van der Waals surface area (Å²) in [7, 11) is 1.52. The van der Waals surface area contributed by atoms with E-state index in [1.807, 2.05) is 6.07 Å². The maximum absolute atomic E-state index is 14.1. The molecular weight excluding hydrogens is 259 g/mol. The summed E-state index contributed by atoms with van der Waals surface area (Å²) in [4.78, 5) is 12.2. The first kappa shape index (κ1) is 12.3. The van der Waals surface area contributed by atoms with E-state index in [-0.39, 0.29) is 16.6 Å². The largest absolute Gasteiger partial charge is 0.394 e. The highest BCUT2D eigenvalue weighted by atomic mass is 19.1.